The summed E-state index contributed by atoms with van der Waals surface area (Å²) in [6, 6.07) is 91.5. The SMILES string of the molecule is Cc1ccc(-c2nnc3c(c(-c4ccccc4)nn3C)c2Cl)cc1.Cc1cccc(-c2nn(C)c3nnc(-c4ccccc4)c(Cl)c23)c1.Clc1c(-c2ccccc2)nnc2[nH]nc(-c3ccccc3)c12.Cn1nc(-c2ccccc2)c2c(Cl)c(-c3cccc(F)c3)nnc21.Cn1nc(-c2ccccc2)c2c(Cl)c(-c3ccccc3)nnc21. The van der Waals surface area contributed by atoms with Crippen molar-refractivity contribution in [1.29, 1.82) is 0 Å². The molecule has 20 rings (SSSR count). The molecule has 0 atom stereocenters. The van der Waals surface area contributed by atoms with E-state index in [-0.39, 0.29) is 5.82 Å². The van der Waals surface area contributed by atoms with Crippen LogP contribution in [-0.2, 0) is 28.2 Å². The molecule has 0 aliphatic carbocycles. The van der Waals surface area contributed by atoms with Gasteiger partial charge in [-0.3, -0.25) is 5.10 Å². The summed E-state index contributed by atoms with van der Waals surface area (Å²) in [6.45, 7) is 4.11. The Kier molecular flexibility index (Phi) is 22.6. The summed E-state index contributed by atoms with van der Waals surface area (Å²) < 4.78 is 20.3. The largest absolute Gasteiger partial charge is 0.259 e. The van der Waals surface area contributed by atoms with Gasteiger partial charge >= 0.3 is 0 Å². The number of aryl methyl sites for hydroxylation is 6. The molecule has 117 heavy (non-hydrogen) atoms. The van der Waals surface area contributed by atoms with Gasteiger partial charge in [-0.05, 0) is 32.0 Å². The van der Waals surface area contributed by atoms with E-state index < -0.39 is 0 Å². The Bertz CT molecular complexity index is 6960. The minimum Gasteiger partial charge on any atom is -0.259 e. The van der Waals surface area contributed by atoms with Crippen molar-refractivity contribution in [2.24, 2.45) is 28.2 Å². The van der Waals surface area contributed by atoms with Crippen molar-refractivity contribution in [3.05, 3.63) is 327 Å². The summed E-state index contributed by atoms with van der Waals surface area (Å²) in [5.74, 6) is -0.347. The number of hydrogen-bond acceptors (Lipinski definition) is 15. The summed E-state index contributed by atoms with van der Waals surface area (Å²) in [5.41, 5.74) is 22.0. The number of halogens is 6. The first-order valence-corrected chi connectivity index (χ1v) is 38.7. The summed E-state index contributed by atoms with van der Waals surface area (Å²) in [6.07, 6.45) is 0. The third kappa shape index (κ3) is 15.9. The first kappa shape index (κ1) is 77.3. The number of rotatable bonds is 10. The van der Waals surface area contributed by atoms with Gasteiger partial charge < -0.3 is 0 Å². The summed E-state index contributed by atoms with van der Waals surface area (Å²) >= 11 is 33.4. The molecule has 0 aliphatic rings. The zero-order valence-electron chi connectivity index (χ0n) is 63.4. The first-order chi connectivity index (χ1) is 57.0. The van der Waals surface area contributed by atoms with Crippen LogP contribution in [0.2, 0.25) is 25.1 Å². The zero-order chi connectivity index (χ0) is 80.8. The number of hydrogen-bond donors (Lipinski definition) is 1. The number of aromatic nitrogens is 20. The highest BCUT2D eigenvalue weighted by Crippen LogP contribution is 2.43. The van der Waals surface area contributed by atoms with E-state index >= 15 is 0 Å². The van der Waals surface area contributed by atoms with Gasteiger partial charge in [-0.1, -0.05) is 336 Å². The van der Waals surface area contributed by atoms with Crippen LogP contribution < -0.4 is 0 Å². The maximum Gasteiger partial charge on any atom is 0.182 e. The molecule has 0 bridgehead atoms. The van der Waals surface area contributed by atoms with Crippen LogP contribution in [0.4, 0.5) is 4.39 Å². The highest BCUT2D eigenvalue weighted by Gasteiger charge is 2.26. The van der Waals surface area contributed by atoms with Crippen LogP contribution in [0, 0.1) is 19.7 Å². The maximum atomic E-state index is 13.5. The predicted molar refractivity (Wildman–Crippen MR) is 466 cm³/mol. The fourth-order valence-corrected chi connectivity index (χ4v) is 15.1. The average molecular weight is 1640 g/mol. The van der Waals surface area contributed by atoms with Crippen LogP contribution in [0.3, 0.4) is 0 Å². The van der Waals surface area contributed by atoms with Gasteiger partial charge in [0.25, 0.3) is 0 Å². The molecule has 0 unspecified atom stereocenters. The Hall–Kier alpha value is -13.7. The van der Waals surface area contributed by atoms with Crippen LogP contribution >= 0.6 is 58.0 Å². The van der Waals surface area contributed by atoms with Crippen LogP contribution in [0.25, 0.3) is 168 Å². The van der Waals surface area contributed by atoms with Crippen LogP contribution in [0.15, 0.2) is 285 Å². The Morgan fingerprint density at radius 2 is 0.496 bits per heavy atom. The minimum atomic E-state index is -0.347. The molecule has 20 nitrogen and oxygen atoms in total. The molecule has 26 heteroatoms. The van der Waals surface area contributed by atoms with Crippen molar-refractivity contribution < 1.29 is 4.39 Å². The topological polar surface area (TPSA) is 229 Å². The monoisotopic (exact) mass is 1630 g/mol. The third-order valence-corrected chi connectivity index (χ3v) is 21.1. The van der Waals surface area contributed by atoms with E-state index in [1.807, 2.05) is 270 Å². The molecule has 572 valence electrons. The normalized spacial score (nSPS) is 11.1. The Balaban J connectivity index is 0.000000110. The van der Waals surface area contributed by atoms with E-state index in [1.165, 1.54) is 23.3 Å². The van der Waals surface area contributed by atoms with E-state index in [1.54, 1.807) is 37.9 Å². The molecule has 10 aromatic heterocycles. The van der Waals surface area contributed by atoms with Crippen molar-refractivity contribution in [3.8, 4) is 113 Å². The lowest BCUT2D eigenvalue weighted by Gasteiger charge is -2.05. The second-order valence-electron chi connectivity index (χ2n) is 27.1. The number of fused-ring (bicyclic) bond motifs is 5. The van der Waals surface area contributed by atoms with E-state index in [9.17, 15) is 4.39 Å². The van der Waals surface area contributed by atoms with Crippen LogP contribution in [0.1, 0.15) is 11.1 Å². The molecular weight excluding hydrogens is 1570 g/mol. The molecule has 10 heterocycles. The van der Waals surface area contributed by atoms with Gasteiger partial charge in [0.15, 0.2) is 28.2 Å². The maximum absolute atomic E-state index is 13.5. The van der Waals surface area contributed by atoms with E-state index in [2.05, 4.69) is 108 Å². The van der Waals surface area contributed by atoms with Gasteiger partial charge in [-0.25, -0.2) is 23.1 Å². The number of aromatic amines is 1. The second kappa shape index (κ2) is 34.2. The van der Waals surface area contributed by atoms with Crippen LogP contribution in [-0.4, -0.2) is 100 Å². The first-order valence-electron chi connectivity index (χ1n) is 36.8. The smallest absolute Gasteiger partial charge is 0.182 e. The van der Waals surface area contributed by atoms with Crippen molar-refractivity contribution >= 4 is 113 Å². The van der Waals surface area contributed by atoms with E-state index in [0.29, 0.717) is 92.8 Å². The standard InChI is InChI=1S/2C19H15ClN4.C18H12ClFN4.C18H13ClN4.C17H11ClN4/c1-12-7-6-10-14(11-12)17-15-16(20)18(13-8-4-3-5-9-13)21-22-19(15)24(2)23-17;1-12-8-10-14(11-9-12)18-16(20)15-17(13-6-4-3-5-7-13)23-24(2)19(15)22-21-18;1-24-18-14(16(23-24)11-6-3-2-4-7-11)15(19)17(21-22-18)12-8-5-9-13(20)10-12;1-23-18-14(16(22-23)12-8-4-2-5-9-12)15(19)17(20-21-18)13-10-6-3-7-11-13;18-14-13-15(11-7-3-1-4-8-11)19-21-17(13)22-20-16(14)12-9-5-2-6-10-12/h2*3-11H,1-2H3;2-10H,1H3;2-11H,1H3;1-10H,(H,19,21,22). The van der Waals surface area contributed by atoms with Gasteiger partial charge in [0.1, 0.15) is 62.8 Å². The lowest BCUT2D eigenvalue weighted by atomic mass is 10.1. The number of benzene rings is 10. The predicted octanol–water partition coefficient (Wildman–Crippen LogP) is 22.5. The van der Waals surface area contributed by atoms with E-state index in [0.717, 1.165) is 100 Å². The van der Waals surface area contributed by atoms with Gasteiger partial charge in [-0.2, -0.15) is 25.5 Å². The lowest BCUT2D eigenvalue weighted by molar-refractivity contribution is 0.628. The van der Waals surface area contributed by atoms with E-state index in [4.69, 9.17) is 58.0 Å². The minimum absolute atomic E-state index is 0.347. The second-order valence-corrected chi connectivity index (χ2v) is 29.0. The van der Waals surface area contributed by atoms with Crippen molar-refractivity contribution in [1.82, 2.24) is 100 Å². The van der Waals surface area contributed by atoms with Gasteiger partial charge in [0, 0.05) is 83.8 Å². The van der Waals surface area contributed by atoms with Crippen molar-refractivity contribution in [2.75, 3.05) is 0 Å². The molecule has 20 aromatic rings. The number of nitrogens with one attached hydrogen (secondary N) is 1. The van der Waals surface area contributed by atoms with Gasteiger partial charge in [0.2, 0.25) is 0 Å². The highest BCUT2D eigenvalue weighted by atomic mass is 35.5. The molecule has 1 N–H and O–H groups in total. The highest BCUT2D eigenvalue weighted by molar-refractivity contribution is 6.41. The Labute approximate surface area is 694 Å². The zero-order valence-corrected chi connectivity index (χ0v) is 67.2. The molecule has 0 aliphatic heterocycles. The fourth-order valence-electron chi connectivity index (χ4n) is 13.5. The Morgan fingerprint density at radius 1 is 0.239 bits per heavy atom. The average Bonchev–Trinajstić information content (AvgIpc) is 1.61. The Morgan fingerprint density at radius 3 is 0.821 bits per heavy atom. The molecule has 10 aromatic carbocycles. The van der Waals surface area contributed by atoms with Crippen LogP contribution in [0.5, 0.6) is 0 Å². The molecular formula is C91H66Cl5FN20. The van der Waals surface area contributed by atoms with Gasteiger partial charge in [0.05, 0.1) is 52.0 Å². The van der Waals surface area contributed by atoms with Gasteiger partial charge in [-0.15, -0.1) is 51.0 Å². The number of H-pyrrole nitrogens is 1. The molecule has 0 radical (unpaired) electrons. The molecule has 0 amide bonds. The molecule has 0 saturated carbocycles. The fraction of sp³-hybridized carbons (Fsp3) is 0.0659. The van der Waals surface area contributed by atoms with Crippen molar-refractivity contribution in [2.45, 2.75) is 13.8 Å². The third-order valence-electron chi connectivity index (χ3n) is 19.2. The summed E-state index contributed by atoms with van der Waals surface area (Å²) in [5, 5.41) is 75.1. The summed E-state index contributed by atoms with van der Waals surface area (Å²) in [7, 11) is 7.35. The molecule has 0 fully saturated rings. The summed E-state index contributed by atoms with van der Waals surface area (Å²) in [4.78, 5) is 0. The lowest BCUT2D eigenvalue weighted by Crippen LogP contribution is -1.96. The molecule has 0 spiro atoms. The van der Waals surface area contributed by atoms with Crippen molar-refractivity contribution in [3.63, 3.8) is 0 Å². The molecule has 0 saturated heterocycles. The number of nitrogens with zero attached hydrogens (tertiary/aromatic N) is 19. The quantitative estimate of drug-likeness (QED) is 0.134.